The molecule has 2 aliphatic rings. The van der Waals surface area contributed by atoms with Gasteiger partial charge in [0.05, 0.1) is 26.5 Å². The fourth-order valence-electron chi connectivity index (χ4n) is 4.98. The number of aliphatic hydroxyl groups is 1. The normalized spacial score (nSPS) is 21.9. The Bertz CT molecular complexity index is 1300. The number of rotatable bonds is 8. The first-order chi connectivity index (χ1) is 18.2. The molecule has 0 bridgehead atoms. The number of aliphatic hydroxyl groups excluding tert-OH is 1. The number of nitrogens with zero attached hydrogens (tertiary/aromatic N) is 3. The third-order valence-corrected chi connectivity index (χ3v) is 7.79. The summed E-state index contributed by atoms with van der Waals surface area (Å²) in [5, 5.41) is 11.6. The molecule has 11 heteroatoms. The minimum Gasteiger partial charge on any atom is -0.491 e. The third kappa shape index (κ3) is 6.29. The van der Waals surface area contributed by atoms with Crippen LogP contribution in [0.4, 0.5) is 13.2 Å². The molecule has 0 radical (unpaired) electrons. The van der Waals surface area contributed by atoms with Crippen LogP contribution in [-0.2, 0) is 11.0 Å². The zero-order chi connectivity index (χ0) is 26.9. The topological polar surface area (TPSA) is 70.1 Å². The molecule has 5 rings (SSSR count). The Kier molecular flexibility index (Phi) is 7.92. The van der Waals surface area contributed by atoms with Crippen molar-refractivity contribution >= 4 is 21.6 Å². The number of nitrogens with one attached hydrogen (secondary N) is 1. The highest BCUT2D eigenvalue weighted by atomic mass is 32.1. The molecular weight excluding hydrogens is 517 g/mol. The van der Waals surface area contributed by atoms with Crippen molar-refractivity contribution in [3.05, 3.63) is 70.4 Å². The number of thiazole rings is 1. The summed E-state index contributed by atoms with van der Waals surface area (Å²) in [4.78, 5) is 14.4. The number of piperazine rings is 1. The van der Waals surface area contributed by atoms with Gasteiger partial charge in [-0.1, -0.05) is 18.2 Å². The van der Waals surface area contributed by atoms with Crippen molar-refractivity contribution in [3.8, 4) is 5.75 Å². The summed E-state index contributed by atoms with van der Waals surface area (Å²) in [5.41, 5.74) is 3.87. The van der Waals surface area contributed by atoms with E-state index in [4.69, 9.17) is 9.57 Å². The lowest BCUT2D eigenvalue weighted by atomic mass is 10.0. The Morgan fingerprint density at radius 3 is 2.84 bits per heavy atom. The zero-order valence-electron chi connectivity index (χ0n) is 21.2. The highest BCUT2D eigenvalue weighted by Gasteiger charge is 2.36. The maximum atomic E-state index is 13.4. The van der Waals surface area contributed by atoms with Gasteiger partial charge in [0.2, 0.25) is 0 Å². The Morgan fingerprint density at radius 2 is 2.05 bits per heavy atom. The van der Waals surface area contributed by atoms with E-state index in [1.54, 1.807) is 23.5 Å². The monoisotopic (exact) mass is 548 g/mol. The molecule has 0 saturated carbocycles. The number of β-amino-alcohol motifs (C(OH)–C–C–N with tert-alkyl or cyclic N) is 1. The molecule has 2 N–H and O–H groups in total. The van der Waals surface area contributed by atoms with E-state index in [0.717, 1.165) is 46.6 Å². The number of hydroxylamine groups is 1. The van der Waals surface area contributed by atoms with Gasteiger partial charge in [-0.2, -0.15) is 13.2 Å². The summed E-state index contributed by atoms with van der Waals surface area (Å²) in [7, 11) is 0. The van der Waals surface area contributed by atoms with Gasteiger partial charge in [0.15, 0.2) is 0 Å². The van der Waals surface area contributed by atoms with E-state index >= 15 is 0 Å². The molecule has 1 fully saturated rings. The van der Waals surface area contributed by atoms with Gasteiger partial charge >= 0.3 is 6.18 Å². The van der Waals surface area contributed by atoms with Crippen LogP contribution in [0.3, 0.4) is 0 Å². The lowest BCUT2D eigenvalue weighted by molar-refractivity contribution is -0.139. The third-order valence-electron chi connectivity index (χ3n) is 6.84. The number of halogens is 3. The maximum absolute atomic E-state index is 13.4. The molecule has 204 valence electrons. The summed E-state index contributed by atoms with van der Waals surface area (Å²) >= 11 is 1.64. The molecule has 2 unspecified atom stereocenters. The van der Waals surface area contributed by atoms with E-state index < -0.39 is 23.9 Å². The van der Waals surface area contributed by atoms with E-state index in [-0.39, 0.29) is 18.2 Å². The van der Waals surface area contributed by atoms with Gasteiger partial charge in [0, 0.05) is 44.8 Å². The van der Waals surface area contributed by atoms with Crippen molar-refractivity contribution < 1.29 is 27.9 Å². The number of fused-ring (bicyclic) bond motifs is 1. The minimum absolute atomic E-state index is 0.0955. The van der Waals surface area contributed by atoms with Crippen LogP contribution in [0.1, 0.15) is 29.2 Å². The Morgan fingerprint density at radius 1 is 1.24 bits per heavy atom. The molecule has 2 aromatic carbocycles. The van der Waals surface area contributed by atoms with Gasteiger partial charge in [0.25, 0.3) is 0 Å². The summed E-state index contributed by atoms with van der Waals surface area (Å²) < 4.78 is 47.1. The van der Waals surface area contributed by atoms with Gasteiger partial charge in [0.1, 0.15) is 24.6 Å². The van der Waals surface area contributed by atoms with Crippen molar-refractivity contribution in [3.63, 3.8) is 0 Å². The second-order valence-electron chi connectivity index (χ2n) is 9.82. The molecule has 0 spiro atoms. The smallest absolute Gasteiger partial charge is 0.416 e. The lowest BCUT2D eigenvalue weighted by Crippen LogP contribution is -2.54. The summed E-state index contributed by atoms with van der Waals surface area (Å²) in [6.07, 6.45) is -4.15. The molecule has 1 saturated heterocycles. The molecule has 0 amide bonds. The first-order valence-corrected chi connectivity index (χ1v) is 13.4. The van der Waals surface area contributed by atoms with Crippen LogP contribution in [0.25, 0.3) is 10.2 Å². The van der Waals surface area contributed by atoms with Crippen LogP contribution >= 0.6 is 11.3 Å². The van der Waals surface area contributed by atoms with E-state index in [1.165, 1.54) is 12.1 Å². The van der Waals surface area contributed by atoms with Gasteiger partial charge in [-0.05, 0) is 43.7 Å². The van der Waals surface area contributed by atoms with Crippen LogP contribution in [0, 0.1) is 6.92 Å². The molecule has 3 heterocycles. The van der Waals surface area contributed by atoms with Crippen molar-refractivity contribution in [2.24, 2.45) is 0 Å². The molecule has 1 aromatic heterocycles. The quantitative estimate of drug-likeness (QED) is 0.429. The maximum Gasteiger partial charge on any atom is 0.416 e. The predicted octanol–water partition coefficient (Wildman–Crippen LogP) is 4.53. The number of hydrogen-bond donors (Lipinski definition) is 2. The van der Waals surface area contributed by atoms with Crippen LogP contribution in [0.5, 0.6) is 5.75 Å². The number of benzene rings is 2. The van der Waals surface area contributed by atoms with E-state index in [0.29, 0.717) is 18.8 Å². The van der Waals surface area contributed by atoms with Crippen molar-refractivity contribution in [1.82, 2.24) is 20.3 Å². The average Bonchev–Trinajstić information content (AvgIpc) is 3.49. The Labute approximate surface area is 223 Å². The fourth-order valence-corrected chi connectivity index (χ4v) is 5.78. The van der Waals surface area contributed by atoms with Crippen LogP contribution in [0.2, 0.25) is 0 Å². The molecule has 2 aliphatic heterocycles. The van der Waals surface area contributed by atoms with Crippen molar-refractivity contribution in [1.29, 1.82) is 0 Å². The minimum atomic E-state index is -4.44. The summed E-state index contributed by atoms with van der Waals surface area (Å²) in [6, 6.07) is 11.5. The van der Waals surface area contributed by atoms with Crippen LogP contribution < -0.4 is 10.2 Å². The average molecular weight is 549 g/mol. The number of aryl methyl sites for hydroxylation is 1. The molecule has 7 nitrogen and oxygen atoms in total. The molecule has 38 heavy (non-hydrogen) atoms. The molecule has 0 aliphatic carbocycles. The molecule has 3 atom stereocenters. The van der Waals surface area contributed by atoms with E-state index in [1.807, 2.05) is 25.1 Å². The van der Waals surface area contributed by atoms with Gasteiger partial charge in [-0.25, -0.2) is 4.98 Å². The second kappa shape index (κ2) is 11.2. The first kappa shape index (κ1) is 26.9. The second-order valence-corrected chi connectivity index (χ2v) is 11.1. The first-order valence-electron chi connectivity index (χ1n) is 12.6. The van der Waals surface area contributed by atoms with Gasteiger partial charge in [-0.3, -0.25) is 20.1 Å². The molecule has 3 aromatic rings. The van der Waals surface area contributed by atoms with E-state index in [9.17, 15) is 18.3 Å². The van der Waals surface area contributed by atoms with Crippen molar-refractivity contribution in [2.45, 2.75) is 38.3 Å². The van der Waals surface area contributed by atoms with Crippen molar-refractivity contribution in [2.75, 3.05) is 39.3 Å². The van der Waals surface area contributed by atoms with Gasteiger partial charge < -0.3 is 9.84 Å². The predicted molar refractivity (Wildman–Crippen MR) is 140 cm³/mol. The van der Waals surface area contributed by atoms with Crippen LogP contribution in [-0.4, -0.2) is 71.4 Å². The van der Waals surface area contributed by atoms with Gasteiger partial charge in [-0.15, -0.1) is 11.3 Å². The number of alkyl halides is 3. The Balaban J connectivity index is 1.10. The number of aromatic nitrogens is 1. The highest BCUT2D eigenvalue weighted by Crippen LogP contribution is 2.37. The zero-order valence-corrected chi connectivity index (χ0v) is 22.1. The fraction of sp³-hybridized carbons (Fsp3) is 0.444. The molecular formula is C27H31F3N4O3S. The Hall–Kier alpha value is -2.70. The highest BCUT2D eigenvalue weighted by molar-refractivity contribution is 7.18. The lowest BCUT2D eigenvalue weighted by Gasteiger charge is -2.40. The van der Waals surface area contributed by atoms with Crippen LogP contribution in [0.15, 0.2) is 54.2 Å². The number of ether oxygens (including phenoxy) is 1. The SMILES string of the molecule is Cc1nc2cc(OCC(O)CN3CCN(CC4=CC(c5ccccc5C(F)(F)F)ON4)[C@@H](C)C3)ccc2s1. The van der Waals surface area contributed by atoms with E-state index in [2.05, 4.69) is 27.2 Å². The number of hydrogen-bond acceptors (Lipinski definition) is 8. The largest absolute Gasteiger partial charge is 0.491 e. The standard InChI is InChI=1S/C27H31F3N4O3S/c1-17-13-33(15-20(35)16-36-21-7-8-26-24(12-21)31-18(2)38-26)9-10-34(17)14-19-11-25(37-32-19)22-5-3-4-6-23(22)27(28,29)30/h3-8,11-12,17,20,25,32,35H,9-10,13-16H2,1-2H3/t17-,20?,25?/m0/s1. The summed E-state index contributed by atoms with van der Waals surface area (Å²) in [5.74, 6) is 0.691. The summed E-state index contributed by atoms with van der Waals surface area (Å²) in [6.45, 7) is 7.59.